The van der Waals surface area contributed by atoms with Crippen LogP contribution in [0.4, 0.5) is 8.78 Å². The average molecular weight is 573 g/mol. The fourth-order valence-electron chi connectivity index (χ4n) is 4.70. The monoisotopic (exact) mass is 572 g/mol. The second-order valence-electron chi connectivity index (χ2n) is 12.0. The highest BCUT2D eigenvalue weighted by atomic mass is 32.2. The van der Waals surface area contributed by atoms with Crippen LogP contribution in [0.1, 0.15) is 84.5 Å². The largest absolute Gasteiger partial charge is 0.289 e. The summed E-state index contributed by atoms with van der Waals surface area (Å²) in [6.07, 6.45) is 0. The Morgan fingerprint density at radius 1 is 0.525 bits per heavy atom. The molecular formula is C34H30F2O2S2. The molecule has 6 heteroatoms. The Kier molecular flexibility index (Phi) is 7.30. The quantitative estimate of drug-likeness (QED) is 0.215. The zero-order chi connectivity index (χ0) is 29.0. The van der Waals surface area contributed by atoms with Gasteiger partial charge < -0.3 is 0 Å². The molecule has 0 saturated carbocycles. The normalized spacial score (nSPS) is 13.3. The van der Waals surface area contributed by atoms with Crippen molar-refractivity contribution in [2.24, 2.45) is 0 Å². The topological polar surface area (TPSA) is 34.1 Å². The maximum Gasteiger partial charge on any atom is 0.195 e. The van der Waals surface area contributed by atoms with Gasteiger partial charge in [-0.1, -0.05) is 114 Å². The summed E-state index contributed by atoms with van der Waals surface area (Å²) in [5, 5.41) is 0. The molecule has 0 aliphatic heterocycles. The molecule has 2 nitrogen and oxygen atoms in total. The van der Waals surface area contributed by atoms with Gasteiger partial charge in [-0.3, -0.25) is 9.59 Å². The summed E-state index contributed by atoms with van der Waals surface area (Å²) >= 11 is 1.93. The first-order valence-electron chi connectivity index (χ1n) is 13.1. The van der Waals surface area contributed by atoms with E-state index in [0.29, 0.717) is 9.79 Å². The molecule has 0 bridgehead atoms. The van der Waals surface area contributed by atoms with Gasteiger partial charge in [0.05, 0.1) is 20.9 Å². The van der Waals surface area contributed by atoms with E-state index >= 15 is 8.78 Å². The molecule has 0 aromatic heterocycles. The Labute approximate surface area is 242 Å². The minimum absolute atomic E-state index is 0.0736. The van der Waals surface area contributed by atoms with Gasteiger partial charge in [-0.15, -0.1) is 0 Å². The molecule has 4 aromatic rings. The zero-order valence-electron chi connectivity index (χ0n) is 23.3. The lowest BCUT2D eigenvalue weighted by Gasteiger charge is -2.24. The summed E-state index contributed by atoms with van der Waals surface area (Å²) in [5.74, 6) is -3.22. The van der Waals surface area contributed by atoms with Gasteiger partial charge in [-0.25, -0.2) is 8.78 Å². The Hall–Kier alpha value is -3.22. The van der Waals surface area contributed by atoms with Crippen LogP contribution >= 0.6 is 23.5 Å². The number of carbonyl (C=O) groups excluding carboxylic acids is 2. The van der Waals surface area contributed by atoms with Crippen molar-refractivity contribution in [3.05, 3.63) is 118 Å². The van der Waals surface area contributed by atoms with Crippen LogP contribution in [0.15, 0.2) is 92.4 Å². The smallest absolute Gasteiger partial charge is 0.195 e. The lowest BCUT2D eigenvalue weighted by molar-refractivity contribution is 0.0972. The van der Waals surface area contributed by atoms with Crippen LogP contribution in [0.2, 0.25) is 0 Å². The first kappa shape index (κ1) is 28.3. The van der Waals surface area contributed by atoms with Crippen LogP contribution < -0.4 is 0 Å². The van der Waals surface area contributed by atoms with E-state index in [1.165, 1.54) is 0 Å². The summed E-state index contributed by atoms with van der Waals surface area (Å²) in [7, 11) is 0. The Balaban J connectivity index is 1.67. The first-order valence-corrected chi connectivity index (χ1v) is 14.7. The van der Waals surface area contributed by atoms with Crippen LogP contribution in [-0.2, 0) is 10.8 Å². The third-order valence-electron chi connectivity index (χ3n) is 7.05. The van der Waals surface area contributed by atoms with Crippen molar-refractivity contribution in [1.82, 2.24) is 0 Å². The van der Waals surface area contributed by atoms with E-state index in [-0.39, 0.29) is 42.9 Å². The van der Waals surface area contributed by atoms with Crippen LogP contribution in [-0.4, -0.2) is 11.6 Å². The number of fused-ring (bicyclic) bond motifs is 2. The SMILES string of the molecule is CC(C)(C)c1ccc(Sc2c(F)c(F)c(Sc3ccc(C(C)(C)C)cc3)c3c2C(=O)c2ccccc2C3=O)cc1. The second-order valence-corrected chi connectivity index (χ2v) is 14.2. The molecule has 0 spiro atoms. The number of halogens is 2. The molecule has 0 heterocycles. The fraction of sp³-hybridized carbons (Fsp3) is 0.235. The minimum Gasteiger partial charge on any atom is -0.289 e. The van der Waals surface area contributed by atoms with Gasteiger partial charge in [-0.2, -0.15) is 0 Å². The van der Waals surface area contributed by atoms with Crippen molar-refractivity contribution in [3.8, 4) is 0 Å². The summed E-state index contributed by atoms with van der Waals surface area (Å²) < 4.78 is 31.9. The fourth-order valence-corrected chi connectivity index (χ4v) is 6.67. The highest BCUT2D eigenvalue weighted by molar-refractivity contribution is 8.00. The van der Waals surface area contributed by atoms with E-state index in [2.05, 4.69) is 41.5 Å². The molecule has 1 aliphatic carbocycles. The predicted octanol–water partition coefficient (Wildman–Crippen LogP) is 9.64. The highest BCUT2D eigenvalue weighted by Gasteiger charge is 2.38. The third-order valence-corrected chi connectivity index (χ3v) is 9.24. The van der Waals surface area contributed by atoms with E-state index < -0.39 is 23.2 Å². The minimum atomic E-state index is -1.13. The van der Waals surface area contributed by atoms with Gasteiger partial charge >= 0.3 is 0 Å². The Morgan fingerprint density at radius 2 is 0.850 bits per heavy atom. The van der Waals surface area contributed by atoms with Gasteiger partial charge in [-0.05, 0) is 46.2 Å². The molecule has 5 rings (SSSR count). The number of rotatable bonds is 4. The van der Waals surface area contributed by atoms with Crippen LogP contribution in [0.25, 0.3) is 0 Å². The summed E-state index contributed by atoms with van der Waals surface area (Å²) in [6, 6.07) is 21.5. The lowest BCUT2D eigenvalue weighted by Crippen LogP contribution is -2.24. The summed E-state index contributed by atoms with van der Waals surface area (Å²) in [4.78, 5) is 28.6. The number of hydrogen-bond donors (Lipinski definition) is 0. The molecule has 0 N–H and O–H groups in total. The predicted molar refractivity (Wildman–Crippen MR) is 158 cm³/mol. The number of carbonyl (C=O) groups is 2. The molecule has 204 valence electrons. The van der Waals surface area contributed by atoms with Crippen LogP contribution in [0.3, 0.4) is 0 Å². The number of ketones is 2. The Bertz CT molecular complexity index is 1520. The molecular weight excluding hydrogens is 543 g/mol. The van der Waals surface area contributed by atoms with E-state index in [0.717, 1.165) is 34.7 Å². The summed E-state index contributed by atoms with van der Waals surface area (Å²) in [6.45, 7) is 12.6. The molecule has 0 radical (unpaired) electrons. The molecule has 0 saturated heterocycles. The lowest BCUT2D eigenvalue weighted by atomic mass is 9.84. The molecule has 40 heavy (non-hydrogen) atoms. The molecule has 0 atom stereocenters. The van der Waals surface area contributed by atoms with E-state index in [9.17, 15) is 9.59 Å². The van der Waals surface area contributed by atoms with Crippen molar-refractivity contribution in [2.45, 2.75) is 72.0 Å². The maximum atomic E-state index is 15.9. The van der Waals surface area contributed by atoms with Crippen molar-refractivity contribution in [3.63, 3.8) is 0 Å². The van der Waals surface area contributed by atoms with Crippen LogP contribution in [0, 0.1) is 11.6 Å². The van der Waals surface area contributed by atoms with E-state index in [1.807, 2.05) is 48.5 Å². The molecule has 1 aliphatic rings. The summed E-state index contributed by atoms with van der Waals surface area (Å²) in [5.41, 5.74) is 2.27. The number of benzene rings is 4. The second kappa shape index (κ2) is 10.3. The van der Waals surface area contributed by atoms with Crippen molar-refractivity contribution < 1.29 is 18.4 Å². The van der Waals surface area contributed by atoms with Gasteiger partial charge in [0.1, 0.15) is 0 Å². The average Bonchev–Trinajstić information content (AvgIpc) is 2.91. The standard InChI is InChI=1S/C34H30F2O2S2/c1-33(2,3)19-11-15-21(16-12-19)39-31-25-26(30(38)24-10-8-7-9-23(24)29(25)37)32(28(36)27(31)35)40-22-17-13-20(14-18-22)34(4,5)6/h7-18H,1-6H3. The third kappa shape index (κ3) is 5.15. The van der Waals surface area contributed by atoms with Crippen molar-refractivity contribution >= 4 is 35.1 Å². The highest BCUT2D eigenvalue weighted by Crippen LogP contribution is 2.46. The van der Waals surface area contributed by atoms with Crippen molar-refractivity contribution in [2.75, 3.05) is 0 Å². The van der Waals surface area contributed by atoms with Gasteiger partial charge in [0.15, 0.2) is 23.2 Å². The molecule has 4 aromatic carbocycles. The van der Waals surface area contributed by atoms with Crippen molar-refractivity contribution in [1.29, 1.82) is 0 Å². The Morgan fingerprint density at radius 3 is 1.15 bits per heavy atom. The maximum absolute atomic E-state index is 15.9. The van der Waals surface area contributed by atoms with Gasteiger partial charge in [0.25, 0.3) is 0 Å². The van der Waals surface area contributed by atoms with E-state index in [1.54, 1.807) is 24.3 Å². The van der Waals surface area contributed by atoms with Gasteiger partial charge in [0.2, 0.25) is 0 Å². The number of hydrogen-bond acceptors (Lipinski definition) is 4. The van der Waals surface area contributed by atoms with E-state index in [4.69, 9.17) is 0 Å². The molecule has 0 fully saturated rings. The zero-order valence-corrected chi connectivity index (χ0v) is 25.0. The first-order chi connectivity index (χ1) is 18.8. The van der Waals surface area contributed by atoms with Crippen LogP contribution in [0.5, 0.6) is 0 Å². The molecule has 0 unspecified atom stereocenters. The van der Waals surface area contributed by atoms with Gasteiger partial charge in [0, 0.05) is 20.9 Å². The molecule has 0 amide bonds.